The summed E-state index contributed by atoms with van der Waals surface area (Å²) < 4.78 is 27.7. The molecule has 8 heteroatoms. The van der Waals surface area contributed by atoms with E-state index in [9.17, 15) is 23.7 Å². The van der Waals surface area contributed by atoms with Crippen LogP contribution in [0.1, 0.15) is 22.3 Å². The van der Waals surface area contributed by atoms with E-state index in [1.807, 2.05) is 0 Å². The van der Waals surface area contributed by atoms with E-state index in [1.165, 1.54) is 17.0 Å². The molecule has 0 N–H and O–H groups in total. The Balaban J connectivity index is 2.04. The number of anilines is 1. The van der Waals surface area contributed by atoms with E-state index in [0.717, 1.165) is 18.2 Å². The van der Waals surface area contributed by atoms with Crippen LogP contribution in [0.3, 0.4) is 0 Å². The minimum absolute atomic E-state index is 0.0856. The van der Waals surface area contributed by atoms with Crippen molar-refractivity contribution in [2.45, 2.75) is 12.8 Å². The van der Waals surface area contributed by atoms with Crippen LogP contribution in [0, 0.1) is 21.7 Å². The van der Waals surface area contributed by atoms with Gasteiger partial charge in [0.05, 0.1) is 15.1 Å². The van der Waals surface area contributed by atoms with Crippen LogP contribution in [0.2, 0.25) is 0 Å². The van der Waals surface area contributed by atoms with Gasteiger partial charge in [-0.2, -0.15) is 0 Å². The molecule has 5 nitrogen and oxygen atoms in total. The minimum Gasteiger partial charge on any atom is -0.308 e. The van der Waals surface area contributed by atoms with E-state index in [4.69, 9.17) is 0 Å². The molecule has 0 unspecified atom stereocenters. The van der Waals surface area contributed by atoms with Crippen molar-refractivity contribution in [3.63, 3.8) is 0 Å². The Hall–Kier alpha value is -2.35. The fraction of sp³-hybridized carbons (Fsp3) is 0.188. The van der Waals surface area contributed by atoms with Crippen LogP contribution in [0.4, 0.5) is 20.2 Å². The highest BCUT2D eigenvalue weighted by Crippen LogP contribution is 2.33. The molecule has 1 aliphatic rings. The number of carbonyl (C=O) groups excluding carboxylic acids is 1. The number of halogens is 3. The summed E-state index contributed by atoms with van der Waals surface area (Å²) in [6.07, 6.45) is 0.936. The molecule has 124 valence electrons. The molecule has 0 saturated carbocycles. The van der Waals surface area contributed by atoms with Crippen LogP contribution in [0.15, 0.2) is 34.8 Å². The van der Waals surface area contributed by atoms with Crippen molar-refractivity contribution in [1.82, 2.24) is 0 Å². The Morgan fingerprint density at radius 2 is 2.00 bits per heavy atom. The lowest BCUT2D eigenvalue weighted by atomic mass is 10.00. The molecule has 2 aromatic carbocycles. The Morgan fingerprint density at radius 1 is 1.25 bits per heavy atom. The van der Waals surface area contributed by atoms with E-state index in [0.29, 0.717) is 19.4 Å². The van der Waals surface area contributed by atoms with Crippen LogP contribution in [0.5, 0.6) is 0 Å². The lowest BCUT2D eigenvalue weighted by Crippen LogP contribution is -2.36. The first-order chi connectivity index (χ1) is 11.4. The van der Waals surface area contributed by atoms with Gasteiger partial charge in [-0.1, -0.05) is 0 Å². The lowest BCUT2D eigenvalue weighted by Gasteiger charge is -2.29. The molecule has 0 aliphatic carbocycles. The molecule has 0 spiro atoms. The Morgan fingerprint density at radius 3 is 2.71 bits per heavy atom. The fourth-order valence-corrected chi connectivity index (χ4v) is 3.16. The van der Waals surface area contributed by atoms with Crippen LogP contribution in [-0.4, -0.2) is 17.4 Å². The fourth-order valence-electron chi connectivity index (χ4n) is 2.77. The quantitative estimate of drug-likeness (QED) is 0.563. The first-order valence-electron chi connectivity index (χ1n) is 7.12. The molecule has 1 aliphatic heterocycles. The van der Waals surface area contributed by atoms with Crippen molar-refractivity contribution in [1.29, 1.82) is 0 Å². The number of amides is 1. The minimum atomic E-state index is -0.771. The average molecular weight is 397 g/mol. The van der Waals surface area contributed by atoms with Gasteiger partial charge in [0.2, 0.25) is 0 Å². The molecular weight excluding hydrogens is 386 g/mol. The van der Waals surface area contributed by atoms with Crippen molar-refractivity contribution in [3.8, 4) is 0 Å². The monoisotopic (exact) mass is 396 g/mol. The highest BCUT2D eigenvalue weighted by Gasteiger charge is 2.27. The number of carbonyl (C=O) groups is 1. The van der Waals surface area contributed by atoms with Gasteiger partial charge in [-0.15, -0.1) is 0 Å². The van der Waals surface area contributed by atoms with Crippen molar-refractivity contribution in [2.24, 2.45) is 0 Å². The SMILES string of the molecule is O=C(c1ccc(Br)c([N+](=O)[O-])c1)N1CCCc2c(F)cc(F)cc21. The topological polar surface area (TPSA) is 63.4 Å². The van der Waals surface area contributed by atoms with Crippen molar-refractivity contribution in [3.05, 3.63) is 67.7 Å². The summed E-state index contributed by atoms with van der Waals surface area (Å²) in [6, 6.07) is 5.89. The first-order valence-corrected chi connectivity index (χ1v) is 7.91. The average Bonchev–Trinajstić information content (AvgIpc) is 2.54. The normalized spacial score (nSPS) is 13.5. The summed E-state index contributed by atoms with van der Waals surface area (Å²) in [7, 11) is 0. The first kappa shape index (κ1) is 16.5. The molecule has 0 fully saturated rings. The molecule has 0 radical (unpaired) electrons. The second kappa shape index (κ2) is 6.27. The number of hydrogen-bond acceptors (Lipinski definition) is 3. The molecule has 0 bridgehead atoms. The number of nitro groups is 1. The van der Waals surface area contributed by atoms with Crippen LogP contribution in [-0.2, 0) is 6.42 Å². The number of fused-ring (bicyclic) bond motifs is 1. The molecule has 0 saturated heterocycles. The molecule has 1 amide bonds. The summed E-state index contributed by atoms with van der Waals surface area (Å²) in [6.45, 7) is 0.290. The zero-order valence-electron chi connectivity index (χ0n) is 12.3. The summed E-state index contributed by atoms with van der Waals surface area (Å²) in [5.41, 5.74) is 0.294. The van der Waals surface area contributed by atoms with Crippen LogP contribution in [0.25, 0.3) is 0 Å². The van der Waals surface area contributed by atoms with E-state index >= 15 is 0 Å². The number of nitrogens with zero attached hydrogens (tertiary/aromatic N) is 2. The lowest BCUT2D eigenvalue weighted by molar-refractivity contribution is -0.385. The second-order valence-corrected chi connectivity index (χ2v) is 6.22. The molecule has 1 heterocycles. The third-order valence-electron chi connectivity index (χ3n) is 3.87. The number of hydrogen-bond donors (Lipinski definition) is 0. The summed E-state index contributed by atoms with van der Waals surface area (Å²) in [5, 5.41) is 11.0. The molecule has 24 heavy (non-hydrogen) atoms. The highest BCUT2D eigenvalue weighted by atomic mass is 79.9. The van der Waals surface area contributed by atoms with E-state index < -0.39 is 22.5 Å². The van der Waals surface area contributed by atoms with E-state index in [2.05, 4.69) is 15.9 Å². The standard InChI is InChI=1S/C16H11BrF2N2O3/c17-12-4-3-9(6-15(12)21(23)24)16(22)20-5-1-2-11-13(19)7-10(18)8-14(11)20/h3-4,6-8H,1-2,5H2. The summed E-state index contributed by atoms with van der Waals surface area (Å²) in [5.74, 6) is -1.99. The number of benzene rings is 2. The number of nitro benzene ring substituents is 1. The second-order valence-electron chi connectivity index (χ2n) is 5.37. The Kier molecular flexibility index (Phi) is 4.31. The predicted molar refractivity (Wildman–Crippen MR) is 87.2 cm³/mol. The number of rotatable bonds is 2. The molecule has 0 atom stereocenters. The summed E-state index contributed by atoms with van der Waals surface area (Å²) in [4.78, 5) is 24.4. The maximum absolute atomic E-state index is 13.9. The van der Waals surface area contributed by atoms with Gasteiger partial charge in [0.25, 0.3) is 11.6 Å². The largest absolute Gasteiger partial charge is 0.308 e. The summed E-state index contributed by atoms with van der Waals surface area (Å²) >= 11 is 3.06. The third kappa shape index (κ3) is 2.89. The van der Waals surface area contributed by atoms with Gasteiger partial charge in [-0.05, 0) is 47.0 Å². The van der Waals surface area contributed by atoms with Crippen LogP contribution < -0.4 is 4.90 Å². The molecule has 0 aromatic heterocycles. The zero-order chi connectivity index (χ0) is 17.4. The van der Waals surface area contributed by atoms with Gasteiger partial charge in [-0.3, -0.25) is 14.9 Å². The van der Waals surface area contributed by atoms with Crippen molar-refractivity contribution in [2.75, 3.05) is 11.4 Å². The van der Waals surface area contributed by atoms with Gasteiger partial charge >= 0.3 is 0 Å². The molecular formula is C16H11BrF2N2O3. The smallest absolute Gasteiger partial charge is 0.284 e. The predicted octanol–water partition coefficient (Wildman–Crippen LogP) is 4.23. The van der Waals surface area contributed by atoms with Gasteiger partial charge in [0.15, 0.2) is 0 Å². The van der Waals surface area contributed by atoms with E-state index in [-0.39, 0.29) is 27.0 Å². The van der Waals surface area contributed by atoms with Crippen molar-refractivity contribution < 1.29 is 18.5 Å². The van der Waals surface area contributed by atoms with Gasteiger partial charge < -0.3 is 4.90 Å². The molecule has 2 aromatic rings. The van der Waals surface area contributed by atoms with Gasteiger partial charge in [0, 0.05) is 29.8 Å². The Bertz CT molecular complexity index is 857. The molecule has 3 rings (SSSR count). The third-order valence-corrected chi connectivity index (χ3v) is 4.54. The highest BCUT2D eigenvalue weighted by molar-refractivity contribution is 9.10. The maximum Gasteiger partial charge on any atom is 0.284 e. The zero-order valence-corrected chi connectivity index (χ0v) is 13.8. The Labute approximate surface area is 144 Å². The van der Waals surface area contributed by atoms with Gasteiger partial charge in [-0.25, -0.2) is 8.78 Å². The van der Waals surface area contributed by atoms with Crippen LogP contribution >= 0.6 is 15.9 Å². The maximum atomic E-state index is 13.9. The van der Waals surface area contributed by atoms with Gasteiger partial charge in [0.1, 0.15) is 11.6 Å². The van der Waals surface area contributed by atoms with Crippen molar-refractivity contribution >= 4 is 33.2 Å². The van der Waals surface area contributed by atoms with E-state index in [1.54, 1.807) is 0 Å².